The van der Waals surface area contributed by atoms with E-state index in [1.54, 1.807) is 18.4 Å². The Bertz CT molecular complexity index is 738. The third-order valence-corrected chi connectivity index (χ3v) is 3.61. The molecule has 2 rings (SSSR count). The Morgan fingerprint density at radius 1 is 1.30 bits per heavy atom. The van der Waals surface area contributed by atoms with Crippen molar-refractivity contribution in [2.75, 3.05) is 0 Å². The number of nitrogens with zero attached hydrogens (tertiary/aromatic N) is 3. The molecule has 20 heavy (non-hydrogen) atoms. The standard InChI is InChI=1S/C13H21N5O2/c1-5-7(3)18-11-9(15-10(16-11)8(4)14)12(19)17(6-2)13(18)20/h7-8H,5-6,14H2,1-4H3,(H,15,16). The fraction of sp³-hybridized carbons (Fsp3) is 0.615. The van der Waals surface area contributed by atoms with Crippen LogP contribution in [0.25, 0.3) is 11.2 Å². The lowest BCUT2D eigenvalue weighted by Gasteiger charge is -2.15. The first-order valence-corrected chi connectivity index (χ1v) is 6.92. The number of nitrogens with two attached hydrogens (primary N) is 1. The summed E-state index contributed by atoms with van der Waals surface area (Å²) in [5.41, 5.74) is 5.89. The van der Waals surface area contributed by atoms with Crippen LogP contribution in [0.15, 0.2) is 9.59 Å². The predicted molar refractivity (Wildman–Crippen MR) is 77.9 cm³/mol. The molecule has 0 amide bonds. The summed E-state index contributed by atoms with van der Waals surface area (Å²) < 4.78 is 2.79. The molecule has 0 radical (unpaired) electrons. The van der Waals surface area contributed by atoms with Gasteiger partial charge in [0.15, 0.2) is 5.65 Å². The van der Waals surface area contributed by atoms with Crippen LogP contribution in [-0.2, 0) is 6.54 Å². The zero-order valence-electron chi connectivity index (χ0n) is 12.3. The van der Waals surface area contributed by atoms with E-state index in [0.29, 0.717) is 23.5 Å². The van der Waals surface area contributed by atoms with Crippen molar-refractivity contribution in [3.05, 3.63) is 26.7 Å². The lowest BCUT2D eigenvalue weighted by Crippen LogP contribution is -2.40. The molecule has 0 aliphatic rings. The number of H-pyrrole nitrogens is 1. The Hall–Kier alpha value is -1.89. The van der Waals surface area contributed by atoms with E-state index in [9.17, 15) is 9.59 Å². The molecule has 0 saturated carbocycles. The van der Waals surface area contributed by atoms with Gasteiger partial charge in [-0.3, -0.25) is 13.9 Å². The summed E-state index contributed by atoms with van der Waals surface area (Å²) in [6.07, 6.45) is 0.775. The molecular weight excluding hydrogens is 258 g/mol. The molecule has 0 saturated heterocycles. The highest BCUT2D eigenvalue weighted by molar-refractivity contribution is 5.70. The first-order chi connectivity index (χ1) is 9.42. The van der Waals surface area contributed by atoms with Gasteiger partial charge < -0.3 is 10.7 Å². The summed E-state index contributed by atoms with van der Waals surface area (Å²) in [5, 5.41) is 0. The van der Waals surface area contributed by atoms with Crippen molar-refractivity contribution in [2.45, 2.75) is 52.7 Å². The van der Waals surface area contributed by atoms with Gasteiger partial charge in [-0.15, -0.1) is 0 Å². The van der Waals surface area contributed by atoms with E-state index in [4.69, 9.17) is 5.73 Å². The summed E-state index contributed by atoms with van der Waals surface area (Å²) >= 11 is 0. The van der Waals surface area contributed by atoms with Crippen LogP contribution in [0.3, 0.4) is 0 Å². The molecule has 7 heteroatoms. The van der Waals surface area contributed by atoms with Crippen LogP contribution >= 0.6 is 0 Å². The first kappa shape index (κ1) is 14.5. The number of nitrogens with one attached hydrogen (secondary N) is 1. The maximum absolute atomic E-state index is 12.5. The average molecular weight is 279 g/mol. The molecule has 2 aromatic heterocycles. The van der Waals surface area contributed by atoms with Crippen LogP contribution in [0.1, 0.15) is 52.0 Å². The van der Waals surface area contributed by atoms with Crippen molar-refractivity contribution in [3.8, 4) is 0 Å². The first-order valence-electron chi connectivity index (χ1n) is 6.92. The third-order valence-electron chi connectivity index (χ3n) is 3.61. The minimum absolute atomic E-state index is 0.0346. The van der Waals surface area contributed by atoms with Crippen molar-refractivity contribution in [1.29, 1.82) is 0 Å². The molecule has 7 nitrogen and oxygen atoms in total. The summed E-state index contributed by atoms with van der Waals surface area (Å²) in [4.78, 5) is 32.1. The van der Waals surface area contributed by atoms with Gasteiger partial charge in [0.2, 0.25) is 0 Å². The Morgan fingerprint density at radius 2 is 1.95 bits per heavy atom. The van der Waals surface area contributed by atoms with Gasteiger partial charge in [0, 0.05) is 12.6 Å². The van der Waals surface area contributed by atoms with Gasteiger partial charge in [0.05, 0.1) is 6.04 Å². The van der Waals surface area contributed by atoms with Gasteiger partial charge in [-0.2, -0.15) is 0 Å². The number of hydrogen-bond acceptors (Lipinski definition) is 4. The monoisotopic (exact) mass is 279 g/mol. The molecule has 0 spiro atoms. The normalized spacial score (nSPS) is 14.7. The molecule has 3 N–H and O–H groups in total. The molecule has 110 valence electrons. The smallest absolute Gasteiger partial charge is 0.332 e. The fourth-order valence-electron chi connectivity index (χ4n) is 2.22. The Morgan fingerprint density at radius 3 is 2.45 bits per heavy atom. The van der Waals surface area contributed by atoms with Crippen molar-refractivity contribution in [3.63, 3.8) is 0 Å². The van der Waals surface area contributed by atoms with Crippen molar-refractivity contribution in [1.82, 2.24) is 19.1 Å². The van der Waals surface area contributed by atoms with E-state index in [1.165, 1.54) is 4.57 Å². The number of aromatic amines is 1. The van der Waals surface area contributed by atoms with E-state index in [2.05, 4.69) is 9.97 Å². The number of fused-ring (bicyclic) bond motifs is 1. The third kappa shape index (κ3) is 2.07. The SMILES string of the molecule is CCC(C)n1c(=O)n(CC)c(=O)c2[nH]c(C(C)N)nc21. The van der Waals surface area contributed by atoms with Gasteiger partial charge in [-0.05, 0) is 27.2 Å². The van der Waals surface area contributed by atoms with Gasteiger partial charge in [0.1, 0.15) is 11.3 Å². The lowest BCUT2D eigenvalue weighted by molar-refractivity contribution is 0.489. The van der Waals surface area contributed by atoms with E-state index in [1.807, 2.05) is 13.8 Å². The number of hydrogen-bond donors (Lipinski definition) is 2. The second-order valence-corrected chi connectivity index (χ2v) is 5.07. The zero-order chi connectivity index (χ0) is 15.0. The number of rotatable bonds is 4. The molecule has 2 unspecified atom stereocenters. The van der Waals surface area contributed by atoms with E-state index in [-0.39, 0.29) is 23.3 Å². The van der Waals surface area contributed by atoms with E-state index in [0.717, 1.165) is 6.42 Å². The van der Waals surface area contributed by atoms with E-state index >= 15 is 0 Å². The van der Waals surface area contributed by atoms with Gasteiger partial charge in [0.25, 0.3) is 5.56 Å². The molecule has 0 aliphatic carbocycles. The van der Waals surface area contributed by atoms with Gasteiger partial charge in [-0.25, -0.2) is 9.78 Å². The molecular formula is C13H21N5O2. The summed E-state index contributed by atoms with van der Waals surface area (Å²) in [6, 6.07) is -0.356. The maximum Gasteiger partial charge on any atom is 0.332 e. The minimum Gasteiger partial charge on any atom is -0.335 e. The second-order valence-electron chi connectivity index (χ2n) is 5.07. The topological polar surface area (TPSA) is 98.7 Å². The number of imidazole rings is 1. The van der Waals surface area contributed by atoms with Crippen molar-refractivity contribution >= 4 is 11.2 Å². The minimum atomic E-state index is -0.341. The summed E-state index contributed by atoms with van der Waals surface area (Å²) in [5.74, 6) is 0.516. The van der Waals surface area contributed by atoms with Crippen LogP contribution < -0.4 is 17.0 Å². The average Bonchev–Trinajstić information content (AvgIpc) is 2.84. The summed E-state index contributed by atoms with van der Waals surface area (Å²) in [7, 11) is 0. The largest absolute Gasteiger partial charge is 0.335 e. The lowest BCUT2D eigenvalue weighted by atomic mass is 10.2. The van der Waals surface area contributed by atoms with Crippen molar-refractivity contribution < 1.29 is 0 Å². The molecule has 2 heterocycles. The van der Waals surface area contributed by atoms with Gasteiger partial charge in [-0.1, -0.05) is 6.92 Å². The maximum atomic E-state index is 12.5. The Kier molecular flexibility index (Phi) is 3.80. The van der Waals surface area contributed by atoms with Crippen LogP contribution in [0, 0.1) is 0 Å². The second kappa shape index (κ2) is 5.24. The zero-order valence-corrected chi connectivity index (χ0v) is 12.3. The highest BCUT2D eigenvalue weighted by Gasteiger charge is 2.20. The molecule has 2 atom stereocenters. The Labute approximate surface area is 116 Å². The van der Waals surface area contributed by atoms with Crippen LogP contribution in [0.5, 0.6) is 0 Å². The van der Waals surface area contributed by atoms with E-state index < -0.39 is 0 Å². The molecule has 0 bridgehead atoms. The van der Waals surface area contributed by atoms with Crippen LogP contribution in [0.4, 0.5) is 0 Å². The number of aromatic nitrogens is 4. The van der Waals surface area contributed by atoms with Crippen LogP contribution in [-0.4, -0.2) is 19.1 Å². The van der Waals surface area contributed by atoms with Crippen LogP contribution in [0.2, 0.25) is 0 Å². The summed E-state index contributed by atoms with van der Waals surface area (Å²) in [6.45, 7) is 7.81. The van der Waals surface area contributed by atoms with Gasteiger partial charge >= 0.3 is 5.69 Å². The highest BCUT2D eigenvalue weighted by atomic mass is 16.2. The molecule has 0 fully saturated rings. The predicted octanol–water partition coefficient (Wildman–Crippen LogP) is 0.897. The molecule has 0 aliphatic heterocycles. The molecule has 2 aromatic rings. The van der Waals surface area contributed by atoms with Crippen molar-refractivity contribution in [2.24, 2.45) is 5.73 Å². The highest BCUT2D eigenvalue weighted by Crippen LogP contribution is 2.15. The quantitative estimate of drug-likeness (QED) is 0.868. The Balaban J connectivity index is 2.94. The fourth-order valence-corrected chi connectivity index (χ4v) is 2.22. The molecule has 0 aromatic carbocycles.